The van der Waals surface area contributed by atoms with Crippen LogP contribution in [0.2, 0.25) is 5.02 Å². The standard InChI is InChI=1S/C20H19ClN2O3S/c21-15-6-4-5-14(11-15)20(7-2-1-3-8-20)18(25)26-13-16-12-17(24)23-9-10-27-19(23)22-16/h4-6,9-12H,1-3,7-8,13H2. The second-order valence-corrected chi connectivity index (χ2v) is 8.18. The molecule has 5 nitrogen and oxygen atoms in total. The number of nitrogens with zero attached hydrogens (tertiary/aromatic N) is 2. The van der Waals surface area contributed by atoms with Crippen LogP contribution in [-0.4, -0.2) is 15.4 Å². The average molecular weight is 403 g/mol. The van der Waals surface area contributed by atoms with Crippen LogP contribution in [0, 0.1) is 0 Å². The topological polar surface area (TPSA) is 60.7 Å². The van der Waals surface area contributed by atoms with E-state index in [-0.39, 0.29) is 18.1 Å². The number of carbonyl (C=O) groups excluding carboxylic acids is 1. The van der Waals surface area contributed by atoms with Crippen LogP contribution in [-0.2, 0) is 21.6 Å². The first kappa shape index (κ1) is 18.2. The van der Waals surface area contributed by atoms with Crippen molar-refractivity contribution < 1.29 is 9.53 Å². The number of hydrogen-bond donors (Lipinski definition) is 0. The molecular weight excluding hydrogens is 384 g/mol. The molecule has 0 N–H and O–H groups in total. The first-order valence-corrected chi connectivity index (χ1v) is 10.2. The lowest BCUT2D eigenvalue weighted by molar-refractivity contribution is -0.153. The maximum absolute atomic E-state index is 13.1. The Labute approximate surface area is 165 Å². The first-order chi connectivity index (χ1) is 13.1. The van der Waals surface area contributed by atoms with Gasteiger partial charge < -0.3 is 4.74 Å². The quantitative estimate of drug-likeness (QED) is 0.608. The predicted molar refractivity (Wildman–Crippen MR) is 105 cm³/mol. The molecule has 7 heteroatoms. The highest BCUT2D eigenvalue weighted by molar-refractivity contribution is 7.15. The van der Waals surface area contributed by atoms with Gasteiger partial charge in [0.2, 0.25) is 0 Å². The van der Waals surface area contributed by atoms with Gasteiger partial charge in [-0.2, -0.15) is 0 Å². The minimum atomic E-state index is -0.675. The Morgan fingerprint density at radius 3 is 2.85 bits per heavy atom. The van der Waals surface area contributed by atoms with Crippen LogP contribution in [0.1, 0.15) is 43.4 Å². The summed E-state index contributed by atoms with van der Waals surface area (Å²) in [6.07, 6.45) is 6.23. The first-order valence-electron chi connectivity index (χ1n) is 8.98. The summed E-state index contributed by atoms with van der Waals surface area (Å²) >= 11 is 7.54. The van der Waals surface area contributed by atoms with Crippen molar-refractivity contribution in [3.8, 4) is 0 Å². The van der Waals surface area contributed by atoms with E-state index in [2.05, 4.69) is 4.98 Å². The third-order valence-corrected chi connectivity index (χ3v) is 6.17. The van der Waals surface area contributed by atoms with Crippen LogP contribution in [0.4, 0.5) is 0 Å². The minimum Gasteiger partial charge on any atom is -0.458 e. The molecule has 1 aromatic carbocycles. The lowest BCUT2D eigenvalue weighted by Crippen LogP contribution is -2.39. The molecule has 27 heavy (non-hydrogen) atoms. The SMILES string of the molecule is O=C(OCc1cc(=O)n2ccsc2n1)C1(c2cccc(Cl)c2)CCCCC1. The Kier molecular flexibility index (Phi) is 5.02. The van der Waals surface area contributed by atoms with Crippen LogP contribution >= 0.6 is 22.9 Å². The molecule has 1 fully saturated rings. The molecule has 2 heterocycles. The van der Waals surface area contributed by atoms with Gasteiger partial charge in [-0.1, -0.05) is 43.0 Å². The van der Waals surface area contributed by atoms with E-state index >= 15 is 0 Å². The molecule has 1 aliphatic rings. The minimum absolute atomic E-state index is 0.00914. The smallest absolute Gasteiger partial charge is 0.316 e. The highest BCUT2D eigenvalue weighted by Gasteiger charge is 2.42. The molecule has 2 aromatic heterocycles. The summed E-state index contributed by atoms with van der Waals surface area (Å²) in [7, 11) is 0. The number of carbonyl (C=O) groups is 1. The van der Waals surface area contributed by atoms with Gasteiger partial charge >= 0.3 is 5.97 Å². The number of esters is 1. The van der Waals surface area contributed by atoms with E-state index in [4.69, 9.17) is 16.3 Å². The normalized spacial score (nSPS) is 16.3. The lowest BCUT2D eigenvalue weighted by Gasteiger charge is -2.35. The largest absolute Gasteiger partial charge is 0.458 e. The molecule has 0 amide bonds. The number of hydrogen-bond acceptors (Lipinski definition) is 5. The molecule has 0 aliphatic heterocycles. The van der Waals surface area contributed by atoms with Gasteiger partial charge in [0.25, 0.3) is 5.56 Å². The summed E-state index contributed by atoms with van der Waals surface area (Å²) in [5.74, 6) is -0.266. The molecule has 1 aliphatic carbocycles. The zero-order chi connectivity index (χ0) is 18.9. The van der Waals surface area contributed by atoms with Crippen molar-refractivity contribution in [3.63, 3.8) is 0 Å². The van der Waals surface area contributed by atoms with E-state index in [0.717, 1.165) is 37.7 Å². The molecule has 3 aromatic rings. The van der Waals surface area contributed by atoms with E-state index in [1.54, 1.807) is 17.6 Å². The zero-order valence-electron chi connectivity index (χ0n) is 14.7. The summed E-state index contributed by atoms with van der Waals surface area (Å²) < 4.78 is 7.13. The second kappa shape index (κ2) is 7.44. The Hall–Kier alpha value is -2.18. The number of halogens is 1. The van der Waals surface area contributed by atoms with Gasteiger partial charge in [0.1, 0.15) is 6.61 Å². The highest BCUT2D eigenvalue weighted by Crippen LogP contribution is 2.41. The monoisotopic (exact) mass is 402 g/mol. The Bertz CT molecular complexity index is 1040. The van der Waals surface area contributed by atoms with Gasteiger partial charge in [-0.15, -0.1) is 11.3 Å². The van der Waals surface area contributed by atoms with E-state index < -0.39 is 5.41 Å². The average Bonchev–Trinajstić information content (AvgIpc) is 3.16. The summed E-state index contributed by atoms with van der Waals surface area (Å²) in [5, 5.41) is 2.42. The molecule has 0 bridgehead atoms. The summed E-state index contributed by atoms with van der Waals surface area (Å²) in [6.45, 7) is -0.00914. The molecule has 0 unspecified atom stereocenters. The second-order valence-electron chi connectivity index (χ2n) is 6.87. The van der Waals surface area contributed by atoms with Crippen molar-refractivity contribution in [2.24, 2.45) is 0 Å². The van der Waals surface area contributed by atoms with Crippen LogP contribution in [0.5, 0.6) is 0 Å². The van der Waals surface area contributed by atoms with Crippen molar-refractivity contribution in [2.45, 2.75) is 44.1 Å². The Balaban J connectivity index is 1.59. The fourth-order valence-electron chi connectivity index (χ4n) is 3.79. The van der Waals surface area contributed by atoms with Gasteiger partial charge in [0.05, 0.1) is 11.1 Å². The summed E-state index contributed by atoms with van der Waals surface area (Å²) in [5.41, 5.74) is 0.523. The van der Waals surface area contributed by atoms with Gasteiger partial charge in [-0.25, -0.2) is 4.98 Å². The van der Waals surface area contributed by atoms with E-state index in [1.165, 1.54) is 21.8 Å². The third-order valence-electron chi connectivity index (χ3n) is 5.18. The maximum atomic E-state index is 13.1. The zero-order valence-corrected chi connectivity index (χ0v) is 16.3. The van der Waals surface area contributed by atoms with Crippen LogP contribution < -0.4 is 5.56 Å². The van der Waals surface area contributed by atoms with Crippen LogP contribution in [0.3, 0.4) is 0 Å². The molecule has 0 spiro atoms. The molecule has 0 atom stereocenters. The molecule has 4 rings (SSSR count). The van der Waals surface area contributed by atoms with E-state index in [0.29, 0.717) is 15.7 Å². The molecule has 1 saturated carbocycles. The Morgan fingerprint density at radius 2 is 2.07 bits per heavy atom. The Morgan fingerprint density at radius 1 is 1.26 bits per heavy atom. The van der Waals surface area contributed by atoms with Gasteiger partial charge in [-0.05, 0) is 30.5 Å². The van der Waals surface area contributed by atoms with E-state index in [1.807, 2.05) is 18.2 Å². The maximum Gasteiger partial charge on any atom is 0.316 e. The van der Waals surface area contributed by atoms with Crippen LogP contribution in [0.15, 0.2) is 46.7 Å². The fraction of sp³-hybridized carbons (Fsp3) is 0.350. The van der Waals surface area contributed by atoms with Crippen molar-refractivity contribution in [2.75, 3.05) is 0 Å². The number of benzene rings is 1. The van der Waals surface area contributed by atoms with Crippen molar-refractivity contribution in [1.29, 1.82) is 0 Å². The summed E-state index contributed by atoms with van der Waals surface area (Å²) in [6, 6.07) is 8.90. The molecular formula is C20H19ClN2O3S. The summed E-state index contributed by atoms with van der Waals surface area (Å²) in [4.78, 5) is 30.2. The predicted octanol–water partition coefficient (Wildman–Crippen LogP) is 4.35. The number of aromatic nitrogens is 2. The van der Waals surface area contributed by atoms with Crippen LogP contribution in [0.25, 0.3) is 4.96 Å². The van der Waals surface area contributed by atoms with Crippen molar-refractivity contribution in [1.82, 2.24) is 9.38 Å². The van der Waals surface area contributed by atoms with Crippen molar-refractivity contribution in [3.05, 3.63) is 68.5 Å². The van der Waals surface area contributed by atoms with E-state index in [9.17, 15) is 9.59 Å². The van der Waals surface area contributed by atoms with Crippen molar-refractivity contribution >= 4 is 33.9 Å². The van der Waals surface area contributed by atoms with Gasteiger partial charge in [0, 0.05) is 22.7 Å². The molecule has 140 valence electrons. The van der Waals surface area contributed by atoms with Gasteiger partial charge in [0.15, 0.2) is 4.96 Å². The number of rotatable bonds is 4. The molecule has 0 radical (unpaired) electrons. The number of thiazole rings is 1. The number of ether oxygens (including phenoxy) is 1. The van der Waals surface area contributed by atoms with Gasteiger partial charge in [-0.3, -0.25) is 14.0 Å². The third kappa shape index (κ3) is 3.51. The fourth-order valence-corrected chi connectivity index (χ4v) is 4.72. The molecule has 0 saturated heterocycles. The highest BCUT2D eigenvalue weighted by atomic mass is 35.5. The lowest BCUT2D eigenvalue weighted by atomic mass is 9.69. The number of fused-ring (bicyclic) bond motifs is 1.